The van der Waals surface area contributed by atoms with Crippen molar-refractivity contribution < 1.29 is 4.79 Å². The minimum absolute atomic E-state index is 0.103. The third kappa shape index (κ3) is 1.06. The Kier molecular flexibility index (Phi) is 1.66. The van der Waals surface area contributed by atoms with Crippen LogP contribution in [-0.2, 0) is 0 Å². The van der Waals surface area contributed by atoms with Gasteiger partial charge in [-0.3, -0.25) is 4.79 Å². The maximum atomic E-state index is 12.4. The van der Waals surface area contributed by atoms with Gasteiger partial charge in [-0.25, -0.2) is 0 Å². The first-order valence-corrected chi connectivity index (χ1v) is 6.08. The van der Waals surface area contributed by atoms with Crippen molar-refractivity contribution >= 4 is 5.78 Å². The van der Waals surface area contributed by atoms with Crippen molar-refractivity contribution in [2.75, 3.05) is 0 Å². The summed E-state index contributed by atoms with van der Waals surface area (Å²) >= 11 is 0. The Labute approximate surface area is 100 Å². The van der Waals surface area contributed by atoms with Crippen LogP contribution in [0.5, 0.6) is 0 Å². The third-order valence-corrected chi connectivity index (χ3v) is 4.14. The SMILES string of the molecule is O=C1c2ccccc2[C@@H]2C[C@H]1c1ccccc12. The van der Waals surface area contributed by atoms with Crippen LogP contribution < -0.4 is 0 Å². The zero-order valence-corrected chi connectivity index (χ0v) is 9.39. The molecule has 0 saturated heterocycles. The standard InChI is InChI=1S/C16H12O/c17-16-13-8-4-3-7-12(13)14-9-15(16)11-6-2-1-5-10(11)14/h1-8,14-15H,9H2/t14-,15+/m1/s1. The van der Waals surface area contributed by atoms with E-state index in [2.05, 4.69) is 24.3 Å². The summed E-state index contributed by atoms with van der Waals surface area (Å²) in [5, 5.41) is 0. The highest BCUT2D eigenvalue weighted by Crippen LogP contribution is 2.51. The number of benzene rings is 2. The summed E-state index contributed by atoms with van der Waals surface area (Å²) in [5.41, 5.74) is 4.76. The summed E-state index contributed by atoms with van der Waals surface area (Å²) in [7, 11) is 0. The van der Waals surface area contributed by atoms with E-state index in [4.69, 9.17) is 0 Å². The molecular formula is C16H12O. The van der Waals surface area contributed by atoms with Gasteiger partial charge in [-0.05, 0) is 23.1 Å². The molecule has 0 heterocycles. The van der Waals surface area contributed by atoms with E-state index in [1.165, 1.54) is 16.7 Å². The highest BCUT2D eigenvalue weighted by Gasteiger charge is 2.42. The van der Waals surface area contributed by atoms with E-state index in [0.717, 1.165) is 12.0 Å². The molecule has 0 N–H and O–H groups in total. The number of hydrogen-bond donors (Lipinski definition) is 0. The average molecular weight is 220 g/mol. The van der Waals surface area contributed by atoms with E-state index in [9.17, 15) is 4.79 Å². The molecule has 0 unspecified atom stereocenters. The number of hydrogen-bond acceptors (Lipinski definition) is 1. The summed E-state index contributed by atoms with van der Waals surface area (Å²) in [5.74, 6) is 0.845. The molecule has 1 heteroatoms. The number of rotatable bonds is 0. The molecule has 2 aromatic rings. The quantitative estimate of drug-likeness (QED) is 0.664. The van der Waals surface area contributed by atoms with Gasteiger partial charge in [-0.2, -0.15) is 0 Å². The Morgan fingerprint density at radius 2 is 1.35 bits per heavy atom. The lowest BCUT2D eigenvalue weighted by molar-refractivity contribution is 0.0950. The van der Waals surface area contributed by atoms with E-state index in [0.29, 0.717) is 11.7 Å². The summed E-state index contributed by atoms with van der Waals surface area (Å²) in [4.78, 5) is 12.4. The Hall–Kier alpha value is -1.89. The largest absolute Gasteiger partial charge is 0.293 e. The topological polar surface area (TPSA) is 17.1 Å². The predicted octanol–water partition coefficient (Wildman–Crippen LogP) is 3.50. The zero-order chi connectivity index (χ0) is 11.4. The van der Waals surface area contributed by atoms with Crippen LogP contribution in [0, 0.1) is 0 Å². The lowest BCUT2D eigenvalue weighted by Crippen LogP contribution is -2.17. The van der Waals surface area contributed by atoms with Crippen LogP contribution in [-0.4, -0.2) is 5.78 Å². The van der Waals surface area contributed by atoms with Crippen molar-refractivity contribution in [3.8, 4) is 0 Å². The van der Waals surface area contributed by atoms with Crippen molar-refractivity contribution in [3.63, 3.8) is 0 Å². The zero-order valence-electron chi connectivity index (χ0n) is 9.39. The second kappa shape index (κ2) is 3.07. The fraction of sp³-hybridized carbons (Fsp3) is 0.188. The van der Waals surface area contributed by atoms with Gasteiger partial charge in [0.15, 0.2) is 5.78 Å². The van der Waals surface area contributed by atoms with Gasteiger partial charge in [0, 0.05) is 17.4 Å². The Morgan fingerprint density at radius 1 is 0.765 bits per heavy atom. The highest BCUT2D eigenvalue weighted by molar-refractivity contribution is 6.05. The molecule has 0 spiro atoms. The molecule has 0 amide bonds. The minimum Gasteiger partial charge on any atom is -0.293 e. The molecule has 0 radical (unpaired) electrons. The summed E-state index contributed by atoms with van der Waals surface area (Å²) in [6, 6.07) is 16.5. The molecule has 0 fully saturated rings. The van der Waals surface area contributed by atoms with E-state index in [1.54, 1.807) is 0 Å². The number of carbonyl (C=O) groups excluding carboxylic acids is 1. The van der Waals surface area contributed by atoms with Gasteiger partial charge in [-0.1, -0.05) is 48.5 Å². The minimum atomic E-state index is 0.103. The molecule has 1 nitrogen and oxygen atoms in total. The number of carbonyl (C=O) groups is 1. The second-order valence-corrected chi connectivity index (χ2v) is 4.92. The first-order valence-electron chi connectivity index (χ1n) is 6.08. The lowest BCUT2D eigenvalue weighted by Gasteiger charge is -2.21. The van der Waals surface area contributed by atoms with Gasteiger partial charge >= 0.3 is 0 Å². The summed E-state index contributed by atoms with van der Waals surface area (Å²) in [6.45, 7) is 0. The van der Waals surface area contributed by atoms with Crippen molar-refractivity contribution in [1.82, 2.24) is 0 Å². The smallest absolute Gasteiger partial charge is 0.170 e. The first kappa shape index (κ1) is 9.17. The average Bonchev–Trinajstić information content (AvgIpc) is 2.73. The molecule has 0 aliphatic heterocycles. The highest BCUT2D eigenvalue weighted by atomic mass is 16.1. The van der Waals surface area contributed by atoms with Crippen LogP contribution in [0.25, 0.3) is 0 Å². The van der Waals surface area contributed by atoms with Crippen molar-refractivity contribution in [2.24, 2.45) is 0 Å². The van der Waals surface area contributed by atoms with Crippen LogP contribution >= 0.6 is 0 Å². The lowest BCUT2D eigenvalue weighted by atomic mass is 9.80. The Morgan fingerprint density at radius 3 is 2.12 bits per heavy atom. The molecule has 82 valence electrons. The summed E-state index contributed by atoms with van der Waals surface area (Å²) in [6.07, 6.45) is 0.967. The van der Waals surface area contributed by atoms with E-state index in [-0.39, 0.29) is 5.92 Å². The second-order valence-electron chi connectivity index (χ2n) is 4.92. The van der Waals surface area contributed by atoms with Crippen molar-refractivity contribution in [1.29, 1.82) is 0 Å². The molecule has 2 aliphatic carbocycles. The molecule has 0 aromatic heterocycles. The van der Waals surface area contributed by atoms with Gasteiger partial charge in [0.05, 0.1) is 0 Å². The summed E-state index contributed by atoms with van der Waals surface area (Å²) < 4.78 is 0. The first-order chi connectivity index (χ1) is 8.36. The molecule has 2 atom stereocenters. The molecular weight excluding hydrogens is 208 g/mol. The Bertz CT molecular complexity index is 627. The van der Waals surface area contributed by atoms with Gasteiger partial charge in [0.1, 0.15) is 0 Å². The van der Waals surface area contributed by atoms with Crippen LogP contribution in [0.3, 0.4) is 0 Å². The normalized spacial score (nSPS) is 24.4. The molecule has 17 heavy (non-hydrogen) atoms. The van der Waals surface area contributed by atoms with Crippen molar-refractivity contribution in [3.05, 3.63) is 70.8 Å². The number of Topliss-reactive ketones (excluding diaryl/α,β-unsaturated/α-hetero) is 1. The third-order valence-electron chi connectivity index (χ3n) is 4.14. The van der Waals surface area contributed by atoms with Crippen LogP contribution in [0.1, 0.15) is 45.3 Å². The molecule has 2 aliphatic rings. The van der Waals surface area contributed by atoms with E-state index < -0.39 is 0 Å². The fourth-order valence-electron chi connectivity index (χ4n) is 3.39. The van der Waals surface area contributed by atoms with Crippen LogP contribution in [0.4, 0.5) is 0 Å². The maximum Gasteiger partial charge on any atom is 0.170 e. The molecule has 4 rings (SSSR count). The van der Waals surface area contributed by atoms with Gasteiger partial charge in [0.2, 0.25) is 0 Å². The maximum absolute atomic E-state index is 12.4. The molecule has 0 saturated carbocycles. The molecule has 2 aromatic carbocycles. The van der Waals surface area contributed by atoms with Gasteiger partial charge in [0.25, 0.3) is 0 Å². The van der Waals surface area contributed by atoms with E-state index >= 15 is 0 Å². The Balaban J connectivity index is 2.04. The fourth-order valence-corrected chi connectivity index (χ4v) is 3.39. The monoisotopic (exact) mass is 220 g/mol. The van der Waals surface area contributed by atoms with Gasteiger partial charge in [-0.15, -0.1) is 0 Å². The van der Waals surface area contributed by atoms with Gasteiger partial charge < -0.3 is 0 Å². The predicted molar refractivity (Wildman–Crippen MR) is 66.4 cm³/mol. The number of ketones is 1. The van der Waals surface area contributed by atoms with Crippen molar-refractivity contribution in [2.45, 2.75) is 18.3 Å². The van der Waals surface area contributed by atoms with E-state index in [1.807, 2.05) is 24.3 Å². The van der Waals surface area contributed by atoms with Crippen LogP contribution in [0.2, 0.25) is 0 Å². The molecule has 2 bridgehead atoms. The van der Waals surface area contributed by atoms with Crippen LogP contribution in [0.15, 0.2) is 48.5 Å². The number of fused-ring (bicyclic) bond motifs is 7.